The Kier molecular flexibility index (Phi) is 4.61. The van der Waals surface area contributed by atoms with E-state index >= 15 is 0 Å². The van der Waals surface area contributed by atoms with Crippen LogP contribution in [0.25, 0.3) is 5.57 Å². The molecule has 0 bridgehead atoms. The van der Waals surface area contributed by atoms with Crippen molar-refractivity contribution in [2.45, 2.75) is 30.1 Å². The summed E-state index contributed by atoms with van der Waals surface area (Å²) in [4.78, 5) is 5.12. The van der Waals surface area contributed by atoms with Crippen molar-refractivity contribution in [3.8, 4) is 5.75 Å². The topological polar surface area (TPSA) is 12.5 Å². The van der Waals surface area contributed by atoms with Crippen LogP contribution in [-0.4, -0.2) is 31.6 Å². The highest BCUT2D eigenvalue weighted by Gasteiger charge is 2.28. The Hall–Kier alpha value is -1.71. The smallest absolute Gasteiger partial charge is 0.120 e. The molecule has 0 spiro atoms. The third-order valence-electron chi connectivity index (χ3n) is 5.17. The number of fused-ring (bicyclic) bond motifs is 2. The third-order valence-corrected chi connectivity index (χ3v) is 6.31. The summed E-state index contributed by atoms with van der Waals surface area (Å²) in [6, 6.07) is 15.4. The van der Waals surface area contributed by atoms with Crippen molar-refractivity contribution in [3.63, 3.8) is 0 Å². The Morgan fingerprint density at radius 3 is 2.72 bits per heavy atom. The van der Waals surface area contributed by atoms with Gasteiger partial charge in [-0.3, -0.25) is 0 Å². The monoisotopic (exact) mass is 351 g/mol. The van der Waals surface area contributed by atoms with E-state index < -0.39 is 0 Å². The fourth-order valence-electron chi connectivity index (χ4n) is 4.02. The van der Waals surface area contributed by atoms with Crippen LogP contribution in [0, 0.1) is 5.92 Å². The number of likely N-dealkylation sites (tertiary alicyclic amines) is 1. The van der Waals surface area contributed by atoms with Crippen LogP contribution < -0.4 is 4.74 Å². The molecule has 130 valence electrons. The molecule has 4 rings (SSSR count). The summed E-state index contributed by atoms with van der Waals surface area (Å²) in [6.07, 6.45) is 1.15. The van der Waals surface area contributed by atoms with Crippen LogP contribution in [0.3, 0.4) is 0 Å². The molecular formula is C22H25NOS. The van der Waals surface area contributed by atoms with Gasteiger partial charge >= 0.3 is 0 Å². The Morgan fingerprint density at radius 1 is 1.12 bits per heavy atom. The molecule has 1 atom stereocenters. The summed E-state index contributed by atoms with van der Waals surface area (Å²) in [6.45, 7) is 7.40. The zero-order chi connectivity index (χ0) is 17.4. The van der Waals surface area contributed by atoms with Gasteiger partial charge in [-0.15, -0.1) is 0 Å². The molecule has 3 heteroatoms. The first kappa shape index (κ1) is 16.7. The summed E-state index contributed by atoms with van der Waals surface area (Å²) >= 11 is 1.87. The SMILES string of the molecule is CCOc1ccc2c(c1)Sc1ccccc1/C2=C1/CCN(C)CC1C. The average molecular weight is 352 g/mol. The lowest BCUT2D eigenvalue weighted by Crippen LogP contribution is -2.33. The maximum Gasteiger partial charge on any atom is 0.120 e. The zero-order valence-corrected chi connectivity index (χ0v) is 16.0. The molecule has 2 aromatic carbocycles. The van der Waals surface area contributed by atoms with Crippen LogP contribution in [0.15, 0.2) is 57.8 Å². The second-order valence-corrected chi connectivity index (χ2v) is 8.09. The Labute approximate surface area is 154 Å². The minimum atomic E-state index is 0.587. The van der Waals surface area contributed by atoms with E-state index in [9.17, 15) is 0 Å². The van der Waals surface area contributed by atoms with E-state index in [2.05, 4.69) is 61.3 Å². The molecule has 2 aliphatic heterocycles. The number of hydrogen-bond acceptors (Lipinski definition) is 3. The maximum atomic E-state index is 5.74. The highest BCUT2D eigenvalue weighted by atomic mass is 32.2. The molecule has 25 heavy (non-hydrogen) atoms. The lowest BCUT2D eigenvalue weighted by Gasteiger charge is -2.34. The minimum Gasteiger partial charge on any atom is -0.494 e. The van der Waals surface area contributed by atoms with E-state index in [0.29, 0.717) is 12.5 Å². The number of piperidine rings is 1. The molecule has 1 saturated heterocycles. The third kappa shape index (κ3) is 3.11. The molecule has 2 nitrogen and oxygen atoms in total. The van der Waals surface area contributed by atoms with Gasteiger partial charge in [-0.25, -0.2) is 0 Å². The predicted molar refractivity (Wildman–Crippen MR) is 105 cm³/mol. The molecule has 2 aliphatic rings. The van der Waals surface area contributed by atoms with E-state index in [1.807, 2.05) is 18.7 Å². The molecule has 0 aliphatic carbocycles. The standard InChI is InChI=1S/C22H25NOS/c1-4-24-16-9-10-19-21(13-16)25-20-8-6-5-7-18(20)22(19)17-11-12-23(3)14-15(17)2/h5-10,13,15H,4,11-12,14H2,1-3H3/b22-17+. The van der Waals surface area contributed by atoms with E-state index in [1.54, 1.807) is 5.57 Å². The summed E-state index contributed by atoms with van der Waals surface area (Å²) in [5.74, 6) is 1.55. The normalized spacial score (nSPS) is 23.1. The fourth-order valence-corrected chi connectivity index (χ4v) is 5.14. The van der Waals surface area contributed by atoms with Gasteiger partial charge in [0, 0.05) is 22.9 Å². The summed E-state index contributed by atoms with van der Waals surface area (Å²) in [7, 11) is 2.23. The van der Waals surface area contributed by atoms with Gasteiger partial charge in [-0.05, 0) is 67.3 Å². The Morgan fingerprint density at radius 2 is 1.92 bits per heavy atom. The lowest BCUT2D eigenvalue weighted by molar-refractivity contribution is 0.268. The van der Waals surface area contributed by atoms with Crippen molar-refractivity contribution >= 4 is 17.3 Å². The fraction of sp³-hybridized carbons (Fsp3) is 0.364. The van der Waals surface area contributed by atoms with Gasteiger partial charge in [-0.2, -0.15) is 0 Å². The van der Waals surface area contributed by atoms with Gasteiger partial charge < -0.3 is 9.64 Å². The summed E-state index contributed by atoms with van der Waals surface area (Å²) in [5, 5.41) is 0. The maximum absolute atomic E-state index is 5.74. The second-order valence-electron chi connectivity index (χ2n) is 7.00. The molecule has 2 aromatic rings. The van der Waals surface area contributed by atoms with Crippen molar-refractivity contribution in [2.75, 3.05) is 26.7 Å². The zero-order valence-electron chi connectivity index (χ0n) is 15.2. The van der Waals surface area contributed by atoms with E-state index in [-0.39, 0.29) is 0 Å². The molecule has 2 heterocycles. The second kappa shape index (κ2) is 6.89. The van der Waals surface area contributed by atoms with Gasteiger partial charge in [0.2, 0.25) is 0 Å². The van der Waals surface area contributed by atoms with E-state index in [0.717, 1.165) is 25.3 Å². The summed E-state index contributed by atoms with van der Waals surface area (Å²) in [5.41, 5.74) is 5.85. The number of benzene rings is 2. The number of ether oxygens (including phenoxy) is 1. The summed E-state index contributed by atoms with van der Waals surface area (Å²) < 4.78 is 5.74. The van der Waals surface area contributed by atoms with Crippen LogP contribution >= 0.6 is 11.8 Å². The quantitative estimate of drug-likeness (QED) is 0.620. The van der Waals surface area contributed by atoms with Crippen molar-refractivity contribution < 1.29 is 4.74 Å². The molecule has 0 N–H and O–H groups in total. The van der Waals surface area contributed by atoms with Crippen LogP contribution in [0.4, 0.5) is 0 Å². The van der Waals surface area contributed by atoms with Gasteiger partial charge in [0.25, 0.3) is 0 Å². The number of hydrogen-bond donors (Lipinski definition) is 0. The lowest BCUT2D eigenvalue weighted by atomic mass is 9.83. The first-order valence-corrected chi connectivity index (χ1v) is 9.95. The molecule has 0 saturated carbocycles. The van der Waals surface area contributed by atoms with Crippen molar-refractivity contribution in [2.24, 2.45) is 5.92 Å². The number of nitrogens with zero attached hydrogens (tertiary/aromatic N) is 1. The van der Waals surface area contributed by atoms with Crippen LogP contribution in [-0.2, 0) is 0 Å². The van der Waals surface area contributed by atoms with Crippen LogP contribution in [0.5, 0.6) is 5.75 Å². The molecule has 1 unspecified atom stereocenters. The molecule has 1 fully saturated rings. The molecule has 0 radical (unpaired) electrons. The van der Waals surface area contributed by atoms with Crippen molar-refractivity contribution in [3.05, 3.63) is 59.2 Å². The minimum absolute atomic E-state index is 0.587. The van der Waals surface area contributed by atoms with Gasteiger partial charge in [0.15, 0.2) is 0 Å². The first-order chi connectivity index (χ1) is 12.2. The largest absolute Gasteiger partial charge is 0.494 e. The molecule has 0 amide bonds. The van der Waals surface area contributed by atoms with E-state index in [4.69, 9.17) is 4.74 Å². The first-order valence-electron chi connectivity index (χ1n) is 9.13. The predicted octanol–water partition coefficient (Wildman–Crippen LogP) is 5.32. The van der Waals surface area contributed by atoms with Gasteiger partial charge in [0.1, 0.15) is 5.75 Å². The molecular weight excluding hydrogens is 326 g/mol. The highest BCUT2D eigenvalue weighted by molar-refractivity contribution is 7.99. The van der Waals surface area contributed by atoms with Crippen molar-refractivity contribution in [1.82, 2.24) is 4.90 Å². The van der Waals surface area contributed by atoms with E-state index in [1.165, 1.54) is 26.5 Å². The Bertz CT molecular complexity index is 827. The van der Waals surface area contributed by atoms with Gasteiger partial charge in [0.05, 0.1) is 6.61 Å². The average Bonchev–Trinajstić information content (AvgIpc) is 2.60. The highest BCUT2D eigenvalue weighted by Crippen LogP contribution is 2.49. The number of rotatable bonds is 2. The van der Waals surface area contributed by atoms with Crippen LogP contribution in [0.2, 0.25) is 0 Å². The van der Waals surface area contributed by atoms with Gasteiger partial charge in [-0.1, -0.05) is 42.5 Å². The van der Waals surface area contributed by atoms with Crippen LogP contribution in [0.1, 0.15) is 31.4 Å². The Balaban J connectivity index is 1.89. The van der Waals surface area contributed by atoms with Crippen molar-refractivity contribution in [1.29, 1.82) is 0 Å². The molecule has 0 aromatic heterocycles.